The number of amides is 2. The molecule has 2 aliphatic heterocycles. The highest BCUT2D eigenvalue weighted by Crippen LogP contribution is 2.50. The molecule has 9 heteroatoms. The maximum Gasteiger partial charge on any atom is 0.313 e. The van der Waals surface area contributed by atoms with E-state index in [1.165, 1.54) is 9.47 Å². The molecule has 0 radical (unpaired) electrons. The van der Waals surface area contributed by atoms with Gasteiger partial charge >= 0.3 is 4.87 Å². The quantitative estimate of drug-likeness (QED) is 0.360. The Morgan fingerprint density at radius 3 is 2.08 bits per heavy atom. The summed E-state index contributed by atoms with van der Waals surface area (Å²) in [6.07, 6.45) is -1.04. The average molecular weight is 518 g/mol. The molecule has 0 aliphatic carbocycles. The van der Waals surface area contributed by atoms with Gasteiger partial charge in [0.25, 0.3) is 5.91 Å². The highest BCUT2D eigenvalue weighted by Gasteiger charge is 2.61. The summed E-state index contributed by atoms with van der Waals surface area (Å²) in [6.45, 7) is 1.85. The summed E-state index contributed by atoms with van der Waals surface area (Å²) in [5, 5.41) is 1.74. The van der Waals surface area contributed by atoms with Gasteiger partial charge in [0, 0.05) is 0 Å². The summed E-state index contributed by atoms with van der Waals surface area (Å²) in [5.74, 6) is -1.70. The number of nitrogens with zero attached hydrogens (tertiary/aromatic N) is 3. The molecule has 0 bridgehead atoms. The third kappa shape index (κ3) is 3.41. The van der Waals surface area contributed by atoms with Crippen LogP contribution in [0.5, 0.6) is 0 Å². The van der Waals surface area contributed by atoms with Crippen molar-refractivity contribution in [1.82, 2.24) is 4.57 Å². The number of aromatic nitrogens is 1. The van der Waals surface area contributed by atoms with Crippen LogP contribution in [0, 0.1) is 12.8 Å². The molecular weight excluding hydrogens is 498 g/mol. The number of anilines is 2. The third-order valence-corrected chi connectivity index (χ3v) is 8.04. The van der Waals surface area contributed by atoms with Crippen LogP contribution in [0.25, 0.3) is 5.69 Å². The van der Waals surface area contributed by atoms with Gasteiger partial charge in [-0.25, -0.2) is 9.96 Å². The lowest BCUT2D eigenvalue weighted by Gasteiger charge is -2.28. The summed E-state index contributed by atoms with van der Waals surface area (Å²) in [5.41, 5.74) is 2.60. The van der Waals surface area contributed by atoms with Crippen LogP contribution in [0.15, 0.2) is 89.7 Å². The number of fused-ring (bicyclic) bond motifs is 1. The first-order chi connectivity index (χ1) is 17.5. The standard InChI is InChI=1S/C27H20ClN3O4S/c1-16-10-8-9-15-19(16)30-25(32)20-21(31(35-22(20)26(30)33)18-13-6-3-7-14-18)23-24(28)29(27(34)36-23)17-11-4-2-5-12-17/h2-15,20-22H,1H3/t20-,21+,22+/m1/s1. The lowest BCUT2D eigenvalue weighted by atomic mass is 9.95. The van der Waals surface area contributed by atoms with E-state index >= 15 is 0 Å². The Balaban J connectivity index is 1.50. The molecule has 0 saturated carbocycles. The van der Waals surface area contributed by atoms with E-state index in [-0.39, 0.29) is 15.9 Å². The molecule has 4 aromatic rings. The largest absolute Gasteiger partial charge is 0.313 e. The van der Waals surface area contributed by atoms with Gasteiger partial charge in [-0.05, 0) is 42.8 Å². The molecule has 2 fully saturated rings. The van der Waals surface area contributed by atoms with Crippen LogP contribution in [-0.4, -0.2) is 22.5 Å². The highest BCUT2D eigenvalue weighted by atomic mass is 35.5. The number of imide groups is 1. The number of carbonyl (C=O) groups is 2. The van der Waals surface area contributed by atoms with Crippen LogP contribution in [0.3, 0.4) is 0 Å². The van der Waals surface area contributed by atoms with E-state index in [0.29, 0.717) is 21.9 Å². The van der Waals surface area contributed by atoms with Gasteiger partial charge in [-0.15, -0.1) is 0 Å². The summed E-state index contributed by atoms with van der Waals surface area (Å²) < 4.78 is 1.42. The predicted molar refractivity (Wildman–Crippen MR) is 139 cm³/mol. The van der Waals surface area contributed by atoms with E-state index in [1.54, 1.807) is 29.3 Å². The minimum Gasteiger partial charge on any atom is -0.273 e. The smallest absolute Gasteiger partial charge is 0.273 e. The SMILES string of the molecule is Cc1ccccc1N1C(=O)[C@H]2[C@H](ON(c3ccccc3)[C@@H]2c2sc(=O)n(-c3ccccc3)c2Cl)C1=O. The van der Waals surface area contributed by atoms with Crippen molar-refractivity contribution in [2.45, 2.75) is 19.1 Å². The van der Waals surface area contributed by atoms with Gasteiger partial charge in [0.1, 0.15) is 17.1 Å². The number of hydroxylamine groups is 1. The van der Waals surface area contributed by atoms with Crippen LogP contribution in [-0.2, 0) is 14.4 Å². The Hall–Kier alpha value is -3.72. The second-order valence-electron chi connectivity index (χ2n) is 8.65. The van der Waals surface area contributed by atoms with E-state index in [0.717, 1.165) is 16.9 Å². The molecule has 2 amide bonds. The van der Waals surface area contributed by atoms with E-state index < -0.39 is 24.0 Å². The fourth-order valence-electron chi connectivity index (χ4n) is 4.88. The average Bonchev–Trinajstić information content (AvgIpc) is 3.50. The third-order valence-electron chi connectivity index (χ3n) is 6.54. The van der Waals surface area contributed by atoms with Crippen LogP contribution in [0.2, 0.25) is 5.15 Å². The van der Waals surface area contributed by atoms with Gasteiger partial charge in [0.2, 0.25) is 5.91 Å². The van der Waals surface area contributed by atoms with Crippen molar-refractivity contribution >= 4 is 46.1 Å². The summed E-state index contributed by atoms with van der Waals surface area (Å²) in [6, 6.07) is 24.7. The molecular formula is C27H20ClN3O4S. The van der Waals surface area contributed by atoms with Crippen LogP contribution in [0.4, 0.5) is 11.4 Å². The normalized spacial score (nSPS) is 21.3. The molecule has 2 saturated heterocycles. The Kier molecular flexibility index (Phi) is 5.52. The topological polar surface area (TPSA) is 71.8 Å². The Bertz CT molecular complexity index is 1540. The first kappa shape index (κ1) is 22.7. The summed E-state index contributed by atoms with van der Waals surface area (Å²) in [4.78, 5) is 48.1. The van der Waals surface area contributed by atoms with Crippen molar-refractivity contribution in [1.29, 1.82) is 0 Å². The minimum atomic E-state index is -1.04. The number of hydrogen-bond donors (Lipinski definition) is 0. The second-order valence-corrected chi connectivity index (χ2v) is 10.0. The van der Waals surface area contributed by atoms with Gasteiger partial charge < -0.3 is 0 Å². The maximum absolute atomic E-state index is 13.9. The maximum atomic E-state index is 13.9. The minimum absolute atomic E-state index is 0.195. The van der Waals surface area contributed by atoms with Crippen molar-refractivity contribution in [3.63, 3.8) is 0 Å². The molecule has 0 spiro atoms. The number of aryl methyl sites for hydroxylation is 1. The van der Waals surface area contributed by atoms with E-state index in [2.05, 4.69) is 0 Å². The number of benzene rings is 3. The number of halogens is 1. The number of para-hydroxylation sites is 3. The molecule has 3 heterocycles. The fourth-order valence-corrected chi connectivity index (χ4v) is 6.35. The first-order valence-electron chi connectivity index (χ1n) is 11.4. The number of carbonyl (C=O) groups excluding carboxylic acids is 2. The molecule has 3 aromatic carbocycles. The van der Waals surface area contributed by atoms with Crippen LogP contribution >= 0.6 is 22.9 Å². The van der Waals surface area contributed by atoms with Crippen LogP contribution in [0.1, 0.15) is 16.5 Å². The number of rotatable bonds is 4. The molecule has 180 valence electrons. The molecule has 6 rings (SSSR count). The predicted octanol–water partition coefficient (Wildman–Crippen LogP) is 4.91. The zero-order chi connectivity index (χ0) is 25.0. The monoisotopic (exact) mass is 517 g/mol. The first-order valence-corrected chi connectivity index (χ1v) is 12.6. The van der Waals surface area contributed by atoms with E-state index in [1.807, 2.05) is 67.6 Å². The van der Waals surface area contributed by atoms with Crippen molar-refractivity contribution in [2.75, 3.05) is 9.96 Å². The molecule has 3 atom stereocenters. The lowest BCUT2D eigenvalue weighted by molar-refractivity contribution is -0.126. The lowest BCUT2D eigenvalue weighted by Crippen LogP contribution is -2.37. The molecule has 2 aliphatic rings. The van der Waals surface area contributed by atoms with Gasteiger partial charge in [0.15, 0.2) is 6.10 Å². The molecule has 0 N–H and O–H groups in total. The fraction of sp³-hybridized carbons (Fsp3) is 0.148. The summed E-state index contributed by atoms with van der Waals surface area (Å²) in [7, 11) is 0. The van der Waals surface area contributed by atoms with E-state index in [9.17, 15) is 14.4 Å². The van der Waals surface area contributed by atoms with Gasteiger partial charge in [0.05, 0.1) is 21.9 Å². The molecule has 0 unspecified atom stereocenters. The van der Waals surface area contributed by atoms with Gasteiger partial charge in [-0.3, -0.25) is 23.8 Å². The highest BCUT2D eigenvalue weighted by molar-refractivity contribution is 7.10. The Morgan fingerprint density at radius 1 is 0.806 bits per heavy atom. The summed E-state index contributed by atoms with van der Waals surface area (Å²) >= 11 is 7.79. The Labute approximate surface area is 215 Å². The number of thiazole rings is 1. The molecule has 1 aromatic heterocycles. The van der Waals surface area contributed by atoms with Crippen molar-refractivity contribution in [3.05, 3.63) is 110 Å². The van der Waals surface area contributed by atoms with Crippen molar-refractivity contribution in [2.24, 2.45) is 5.92 Å². The molecule has 7 nitrogen and oxygen atoms in total. The number of hydrogen-bond acceptors (Lipinski definition) is 6. The molecule has 36 heavy (non-hydrogen) atoms. The van der Waals surface area contributed by atoms with Gasteiger partial charge in [-0.1, -0.05) is 77.5 Å². The second kappa shape index (κ2) is 8.74. The zero-order valence-electron chi connectivity index (χ0n) is 19.1. The zero-order valence-corrected chi connectivity index (χ0v) is 20.6. The van der Waals surface area contributed by atoms with Crippen molar-refractivity contribution < 1.29 is 14.4 Å². The Morgan fingerprint density at radius 2 is 1.42 bits per heavy atom. The van der Waals surface area contributed by atoms with E-state index in [4.69, 9.17) is 16.4 Å². The van der Waals surface area contributed by atoms with Crippen LogP contribution < -0.4 is 14.8 Å². The van der Waals surface area contributed by atoms with Crippen molar-refractivity contribution in [3.8, 4) is 5.69 Å². The van der Waals surface area contributed by atoms with Gasteiger partial charge in [-0.2, -0.15) is 0 Å².